The van der Waals surface area contributed by atoms with Crippen molar-refractivity contribution in [2.45, 2.75) is 32.2 Å². The third-order valence-corrected chi connectivity index (χ3v) is 7.68. The van der Waals surface area contributed by atoms with Crippen LogP contribution >= 0.6 is 0 Å². The number of carboxylic acid groups (broad SMARTS) is 2. The molecule has 2 unspecified atom stereocenters. The second-order valence-electron chi connectivity index (χ2n) is 10.6. The van der Waals surface area contributed by atoms with Crippen LogP contribution in [0.5, 0.6) is 0 Å². The number of fused-ring (bicyclic) bond motifs is 2. The summed E-state index contributed by atoms with van der Waals surface area (Å²) in [5.41, 5.74) is 8.84. The first kappa shape index (κ1) is 29.7. The number of carbonyl (C=O) groups excluding carboxylic acids is 1. The fraction of sp³-hybridized carbons (Fsp3) is 0.464. The molecule has 13 heteroatoms. The number of nitrogens with two attached hydrogens (primary N) is 1. The van der Waals surface area contributed by atoms with Gasteiger partial charge in [0.1, 0.15) is 0 Å². The van der Waals surface area contributed by atoms with Crippen molar-refractivity contribution in [2.24, 2.45) is 23.5 Å². The third kappa shape index (κ3) is 7.48. The molecule has 1 aromatic carbocycles. The molecule has 5 rings (SSSR count). The van der Waals surface area contributed by atoms with Gasteiger partial charge in [0, 0.05) is 43.6 Å². The number of nitrogens with zero attached hydrogens (tertiary/aromatic N) is 4. The summed E-state index contributed by atoms with van der Waals surface area (Å²) in [5.74, 6) is -2.83. The zero-order valence-electron chi connectivity index (χ0n) is 23.1. The van der Waals surface area contributed by atoms with Gasteiger partial charge in [-0.25, -0.2) is 9.37 Å². The van der Waals surface area contributed by atoms with Crippen molar-refractivity contribution >= 4 is 41.0 Å². The number of nitrogens with one attached hydrogen (secondary N) is 2. The van der Waals surface area contributed by atoms with Gasteiger partial charge in [-0.3, -0.25) is 14.4 Å². The second kappa shape index (κ2) is 12.9. The quantitative estimate of drug-likeness (QED) is 0.281. The van der Waals surface area contributed by atoms with Crippen molar-refractivity contribution in [1.82, 2.24) is 14.9 Å². The predicted octanol–water partition coefficient (Wildman–Crippen LogP) is 2.44. The Labute approximate surface area is 237 Å². The number of carbonyl (C=O) groups is 3. The summed E-state index contributed by atoms with van der Waals surface area (Å²) in [5, 5.41) is 22.1. The highest BCUT2D eigenvalue weighted by atomic mass is 19.1. The standard InChI is InChI=1S/C24H30FN7O.C4H6O4/c1-14-11-17(5-6-19(14)32-9-7-31(2)8-10-32)28-24-27-13-18(25)23(30-24)29-21-16-4-3-15(12-16)20(21)22(26)33;5-3(6)1-2-4(7)8/h3-6,11,13,15-16,20-21H,7-10,12H2,1-2H3,(H2,26,33)(H2,27,28,29,30);1-2H2,(H,5,6)(H,7,8)/t15?,16-,20?,21+;/m0./s1. The Hall–Kier alpha value is -4.26. The molecule has 220 valence electrons. The molecule has 2 fully saturated rings. The number of aliphatic carboxylic acids is 2. The van der Waals surface area contributed by atoms with Gasteiger partial charge in [-0.1, -0.05) is 12.2 Å². The molecule has 1 aliphatic heterocycles. The van der Waals surface area contributed by atoms with Crippen LogP contribution in [-0.2, 0) is 14.4 Å². The molecule has 6 N–H and O–H groups in total. The van der Waals surface area contributed by atoms with Gasteiger partial charge in [-0.05, 0) is 56.0 Å². The number of rotatable bonds is 9. The van der Waals surface area contributed by atoms with E-state index in [4.69, 9.17) is 15.9 Å². The van der Waals surface area contributed by atoms with Crippen molar-refractivity contribution in [1.29, 1.82) is 0 Å². The number of aryl methyl sites for hydroxylation is 1. The smallest absolute Gasteiger partial charge is 0.303 e. The van der Waals surface area contributed by atoms with E-state index in [2.05, 4.69) is 62.6 Å². The van der Waals surface area contributed by atoms with Crippen LogP contribution in [0.25, 0.3) is 0 Å². The number of carboxylic acids is 2. The molecule has 4 atom stereocenters. The van der Waals surface area contributed by atoms with Crippen LogP contribution in [0.4, 0.5) is 27.5 Å². The number of piperazine rings is 1. The minimum Gasteiger partial charge on any atom is -0.481 e. The van der Waals surface area contributed by atoms with Crippen LogP contribution in [0.15, 0.2) is 36.5 Å². The van der Waals surface area contributed by atoms with E-state index in [0.29, 0.717) is 5.95 Å². The van der Waals surface area contributed by atoms with E-state index in [-0.39, 0.29) is 48.4 Å². The molecule has 1 saturated heterocycles. The molecular formula is C28H36FN7O5. The van der Waals surface area contributed by atoms with Gasteiger partial charge in [0.25, 0.3) is 0 Å². The minimum absolute atomic E-state index is 0.0791. The molecule has 0 spiro atoms. The molecule has 12 nitrogen and oxygen atoms in total. The Balaban J connectivity index is 0.000000426. The molecule has 2 aliphatic carbocycles. The third-order valence-electron chi connectivity index (χ3n) is 7.68. The van der Waals surface area contributed by atoms with Crippen molar-refractivity contribution < 1.29 is 29.0 Å². The number of hydrogen-bond acceptors (Lipinski definition) is 9. The largest absolute Gasteiger partial charge is 0.481 e. The zero-order valence-corrected chi connectivity index (χ0v) is 23.1. The van der Waals surface area contributed by atoms with E-state index >= 15 is 0 Å². The number of anilines is 4. The first-order chi connectivity index (χ1) is 19.5. The Morgan fingerprint density at radius 1 is 1.07 bits per heavy atom. The van der Waals surface area contributed by atoms with Gasteiger partial charge < -0.3 is 36.4 Å². The minimum atomic E-state index is -1.08. The van der Waals surface area contributed by atoms with Crippen LogP contribution in [0, 0.1) is 30.5 Å². The lowest BCUT2D eigenvalue weighted by molar-refractivity contribution is -0.143. The van der Waals surface area contributed by atoms with Crippen LogP contribution < -0.4 is 21.3 Å². The van der Waals surface area contributed by atoms with Crippen LogP contribution in [0.3, 0.4) is 0 Å². The summed E-state index contributed by atoms with van der Waals surface area (Å²) >= 11 is 0. The number of halogens is 1. The zero-order chi connectivity index (χ0) is 29.7. The average molecular weight is 570 g/mol. The molecular weight excluding hydrogens is 533 g/mol. The summed E-state index contributed by atoms with van der Waals surface area (Å²) in [4.78, 5) is 44.4. The van der Waals surface area contributed by atoms with E-state index in [9.17, 15) is 18.8 Å². The number of benzene rings is 1. The van der Waals surface area contributed by atoms with Gasteiger partial charge in [0.05, 0.1) is 25.0 Å². The van der Waals surface area contributed by atoms with E-state index in [1.54, 1.807) is 0 Å². The highest BCUT2D eigenvalue weighted by Gasteiger charge is 2.47. The number of primary amides is 1. The molecule has 1 saturated carbocycles. The van der Waals surface area contributed by atoms with E-state index < -0.39 is 17.8 Å². The Morgan fingerprint density at radius 2 is 1.73 bits per heavy atom. The van der Waals surface area contributed by atoms with Gasteiger partial charge >= 0.3 is 11.9 Å². The molecule has 2 aromatic rings. The van der Waals surface area contributed by atoms with Crippen molar-refractivity contribution in [3.63, 3.8) is 0 Å². The van der Waals surface area contributed by atoms with Crippen molar-refractivity contribution in [2.75, 3.05) is 48.8 Å². The molecule has 1 aromatic heterocycles. The highest BCUT2D eigenvalue weighted by Crippen LogP contribution is 2.45. The molecule has 41 heavy (non-hydrogen) atoms. The fourth-order valence-corrected chi connectivity index (χ4v) is 5.57. The average Bonchev–Trinajstić information content (AvgIpc) is 3.53. The first-order valence-electron chi connectivity index (χ1n) is 13.5. The summed E-state index contributed by atoms with van der Waals surface area (Å²) < 4.78 is 14.5. The van der Waals surface area contributed by atoms with E-state index in [0.717, 1.165) is 50.0 Å². The van der Waals surface area contributed by atoms with Crippen LogP contribution in [-0.4, -0.2) is 82.2 Å². The summed E-state index contributed by atoms with van der Waals surface area (Å²) in [6, 6.07) is 5.88. The summed E-state index contributed by atoms with van der Waals surface area (Å²) in [6.07, 6.45) is 5.51. The maximum absolute atomic E-state index is 14.5. The Bertz CT molecular complexity index is 1300. The normalized spacial score (nSPS) is 23.0. The van der Waals surface area contributed by atoms with Crippen molar-refractivity contribution in [3.8, 4) is 0 Å². The van der Waals surface area contributed by atoms with E-state index in [1.165, 1.54) is 5.69 Å². The lowest BCUT2D eigenvalue weighted by Crippen LogP contribution is -2.44. The topological polar surface area (TPSA) is 174 Å². The second-order valence-corrected chi connectivity index (χ2v) is 10.6. The molecule has 2 bridgehead atoms. The maximum Gasteiger partial charge on any atom is 0.303 e. The lowest BCUT2D eigenvalue weighted by Gasteiger charge is -2.35. The van der Waals surface area contributed by atoms with Gasteiger partial charge in [-0.15, -0.1) is 0 Å². The Morgan fingerprint density at radius 3 is 2.34 bits per heavy atom. The van der Waals surface area contributed by atoms with Crippen LogP contribution in [0.1, 0.15) is 24.8 Å². The van der Waals surface area contributed by atoms with Crippen molar-refractivity contribution in [3.05, 3.63) is 47.9 Å². The monoisotopic (exact) mass is 569 g/mol. The van der Waals surface area contributed by atoms with Gasteiger partial charge in [-0.2, -0.15) is 4.98 Å². The number of aromatic nitrogens is 2. The number of allylic oxidation sites excluding steroid dienone is 1. The van der Waals surface area contributed by atoms with Gasteiger partial charge in [0.2, 0.25) is 11.9 Å². The number of likely N-dealkylation sites (N-methyl/N-ethyl adjacent to an activating group) is 1. The number of hydrogen-bond donors (Lipinski definition) is 5. The molecule has 3 aliphatic rings. The molecule has 2 heterocycles. The lowest BCUT2D eigenvalue weighted by atomic mass is 9.88. The van der Waals surface area contributed by atoms with Gasteiger partial charge in [0.15, 0.2) is 11.6 Å². The maximum atomic E-state index is 14.5. The number of amides is 1. The summed E-state index contributed by atoms with van der Waals surface area (Å²) in [6.45, 7) is 6.20. The van der Waals surface area contributed by atoms with E-state index in [1.807, 2.05) is 12.1 Å². The first-order valence-corrected chi connectivity index (χ1v) is 13.5. The Kier molecular flexibility index (Phi) is 9.38. The highest BCUT2D eigenvalue weighted by molar-refractivity contribution is 5.80. The SMILES string of the molecule is Cc1cc(Nc2ncc(F)c(N[C@H]3C(C(N)=O)C4C=C[C@H]3C4)n2)ccc1N1CCN(C)CC1.O=C(O)CCC(=O)O. The fourth-order valence-electron chi connectivity index (χ4n) is 5.57. The predicted molar refractivity (Wildman–Crippen MR) is 151 cm³/mol. The molecule has 0 radical (unpaired) electrons. The molecule has 1 amide bonds. The summed E-state index contributed by atoms with van der Waals surface area (Å²) in [7, 11) is 2.14. The van der Waals surface area contributed by atoms with Crippen LogP contribution in [0.2, 0.25) is 0 Å².